The van der Waals surface area contributed by atoms with Gasteiger partial charge in [0.05, 0.1) is 18.1 Å². The number of hydrogen-bond donors (Lipinski definition) is 0. The number of benzene rings is 1. The molecule has 0 saturated carbocycles. The molecule has 0 aliphatic carbocycles. The molecular weight excluding hydrogens is 224 g/mol. The molecule has 4 unspecified atom stereocenters. The van der Waals surface area contributed by atoms with Crippen LogP contribution in [0.2, 0.25) is 0 Å². The molecule has 4 atom stereocenters. The van der Waals surface area contributed by atoms with Gasteiger partial charge < -0.3 is 4.74 Å². The van der Waals surface area contributed by atoms with Crippen molar-refractivity contribution in [2.45, 2.75) is 46.8 Å². The molecule has 2 heteroatoms. The van der Waals surface area contributed by atoms with Crippen LogP contribution in [0.15, 0.2) is 18.2 Å². The Labute approximate surface area is 109 Å². The molecule has 0 radical (unpaired) electrons. The van der Waals surface area contributed by atoms with Crippen LogP contribution in [0.4, 0.5) is 0 Å². The van der Waals surface area contributed by atoms with Crippen molar-refractivity contribution in [1.82, 2.24) is 0 Å². The lowest BCUT2D eigenvalue weighted by Gasteiger charge is -2.18. The summed E-state index contributed by atoms with van der Waals surface area (Å²) in [6.07, 6.45) is 0.183. The molecular formula is C16H22O2. The number of ether oxygens (including phenoxy) is 1. The molecule has 0 amide bonds. The first-order chi connectivity index (χ1) is 8.41. The van der Waals surface area contributed by atoms with E-state index in [2.05, 4.69) is 19.9 Å². The quantitative estimate of drug-likeness (QED) is 0.746. The molecule has 1 aromatic rings. The summed E-state index contributed by atoms with van der Waals surface area (Å²) in [7, 11) is 0. The number of ketones is 1. The average molecular weight is 246 g/mol. The zero-order valence-electron chi connectivity index (χ0n) is 11.9. The van der Waals surface area contributed by atoms with Gasteiger partial charge in [-0.3, -0.25) is 4.79 Å². The van der Waals surface area contributed by atoms with Crippen molar-refractivity contribution in [3.8, 4) is 0 Å². The Hall–Kier alpha value is -1.15. The van der Waals surface area contributed by atoms with Crippen LogP contribution in [0.25, 0.3) is 0 Å². The van der Waals surface area contributed by atoms with Gasteiger partial charge in [-0.1, -0.05) is 30.7 Å². The van der Waals surface area contributed by atoms with Crippen molar-refractivity contribution in [3.05, 3.63) is 34.9 Å². The highest BCUT2D eigenvalue weighted by atomic mass is 16.5. The third-order valence-electron chi connectivity index (χ3n) is 4.19. The molecule has 0 N–H and O–H groups in total. The Morgan fingerprint density at radius 1 is 1.11 bits per heavy atom. The maximum Gasteiger partial charge on any atom is 0.169 e. The molecule has 1 saturated heterocycles. The molecule has 1 aliphatic rings. The predicted octanol–water partition coefficient (Wildman–Crippen LogP) is 3.55. The van der Waals surface area contributed by atoms with E-state index in [9.17, 15) is 4.79 Å². The number of Topliss-reactive ketones (excluding diaryl/α,β-unsaturated/α-hetero) is 1. The molecule has 1 fully saturated rings. The third kappa shape index (κ3) is 2.22. The van der Waals surface area contributed by atoms with Gasteiger partial charge in [0, 0.05) is 5.56 Å². The Balaban J connectivity index is 2.31. The van der Waals surface area contributed by atoms with Crippen molar-refractivity contribution < 1.29 is 9.53 Å². The molecule has 1 heterocycles. The van der Waals surface area contributed by atoms with E-state index in [0.717, 1.165) is 11.1 Å². The first-order valence-electron chi connectivity index (χ1n) is 6.68. The molecule has 0 aromatic heterocycles. The van der Waals surface area contributed by atoms with Crippen LogP contribution in [-0.4, -0.2) is 18.0 Å². The molecule has 0 spiro atoms. The molecule has 0 bridgehead atoms. The van der Waals surface area contributed by atoms with E-state index in [1.807, 2.05) is 32.9 Å². The van der Waals surface area contributed by atoms with Crippen LogP contribution < -0.4 is 0 Å². The zero-order chi connectivity index (χ0) is 13.4. The van der Waals surface area contributed by atoms with Crippen LogP contribution in [0, 0.1) is 25.7 Å². The number of hydrogen-bond acceptors (Lipinski definition) is 2. The van der Waals surface area contributed by atoms with Crippen molar-refractivity contribution in [3.63, 3.8) is 0 Å². The monoisotopic (exact) mass is 246 g/mol. The average Bonchev–Trinajstić information content (AvgIpc) is 2.52. The van der Waals surface area contributed by atoms with Gasteiger partial charge in [0.1, 0.15) is 0 Å². The van der Waals surface area contributed by atoms with Crippen LogP contribution in [-0.2, 0) is 4.74 Å². The first-order valence-corrected chi connectivity index (χ1v) is 6.68. The van der Waals surface area contributed by atoms with E-state index in [1.54, 1.807) is 0 Å². The highest BCUT2D eigenvalue weighted by Crippen LogP contribution is 2.35. The summed E-state index contributed by atoms with van der Waals surface area (Å²) in [5, 5.41) is 0. The summed E-state index contributed by atoms with van der Waals surface area (Å²) in [4.78, 5) is 12.7. The second-order valence-electron chi connectivity index (χ2n) is 5.61. The topological polar surface area (TPSA) is 26.3 Å². The summed E-state index contributed by atoms with van der Waals surface area (Å²) >= 11 is 0. The van der Waals surface area contributed by atoms with E-state index in [-0.39, 0.29) is 29.8 Å². The molecule has 2 rings (SSSR count). The third-order valence-corrected chi connectivity index (χ3v) is 4.19. The summed E-state index contributed by atoms with van der Waals surface area (Å²) in [5.74, 6) is 0.506. The van der Waals surface area contributed by atoms with Crippen molar-refractivity contribution in [2.24, 2.45) is 11.8 Å². The highest BCUT2D eigenvalue weighted by molar-refractivity contribution is 5.99. The maximum absolute atomic E-state index is 12.7. The van der Waals surface area contributed by atoms with E-state index < -0.39 is 0 Å². The van der Waals surface area contributed by atoms with Gasteiger partial charge >= 0.3 is 0 Å². The SMILES string of the molecule is Cc1ccc(C(=O)C2C(C)OC(C)C2C)c(C)c1. The fourth-order valence-corrected chi connectivity index (χ4v) is 2.99. The Morgan fingerprint density at radius 2 is 1.78 bits per heavy atom. The highest BCUT2D eigenvalue weighted by Gasteiger charge is 2.41. The first kappa shape index (κ1) is 13.3. The molecule has 2 nitrogen and oxygen atoms in total. The fourth-order valence-electron chi connectivity index (χ4n) is 2.99. The lowest BCUT2D eigenvalue weighted by molar-refractivity contribution is 0.0491. The van der Waals surface area contributed by atoms with Gasteiger partial charge in [-0.25, -0.2) is 0 Å². The van der Waals surface area contributed by atoms with E-state index in [1.165, 1.54) is 5.56 Å². The van der Waals surface area contributed by atoms with Crippen LogP contribution >= 0.6 is 0 Å². The molecule has 98 valence electrons. The number of carbonyl (C=O) groups excluding carboxylic acids is 1. The summed E-state index contributed by atoms with van der Waals surface area (Å²) in [6, 6.07) is 6.03. The number of aryl methyl sites for hydroxylation is 2. The van der Waals surface area contributed by atoms with Gasteiger partial charge in [-0.05, 0) is 39.2 Å². The largest absolute Gasteiger partial charge is 0.374 e. The molecule has 18 heavy (non-hydrogen) atoms. The lowest BCUT2D eigenvalue weighted by atomic mass is 9.82. The van der Waals surface area contributed by atoms with Crippen molar-refractivity contribution in [2.75, 3.05) is 0 Å². The van der Waals surface area contributed by atoms with E-state index in [4.69, 9.17) is 4.74 Å². The normalized spacial score (nSPS) is 31.6. The second kappa shape index (κ2) is 4.85. The van der Waals surface area contributed by atoms with E-state index >= 15 is 0 Å². The van der Waals surface area contributed by atoms with Crippen LogP contribution in [0.1, 0.15) is 42.3 Å². The summed E-state index contributed by atoms with van der Waals surface area (Å²) in [6.45, 7) is 10.2. The maximum atomic E-state index is 12.7. The Kier molecular flexibility index (Phi) is 3.58. The molecule has 1 aliphatic heterocycles. The minimum Gasteiger partial charge on any atom is -0.374 e. The number of carbonyl (C=O) groups is 1. The van der Waals surface area contributed by atoms with Gasteiger partial charge in [0.15, 0.2) is 5.78 Å². The molecule has 1 aromatic carbocycles. The smallest absolute Gasteiger partial charge is 0.169 e. The minimum atomic E-state index is -0.0126. The Bertz CT molecular complexity index is 464. The zero-order valence-corrected chi connectivity index (χ0v) is 11.9. The van der Waals surface area contributed by atoms with Crippen molar-refractivity contribution in [1.29, 1.82) is 0 Å². The van der Waals surface area contributed by atoms with Gasteiger partial charge in [-0.2, -0.15) is 0 Å². The summed E-state index contributed by atoms with van der Waals surface area (Å²) in [5.41, 5.74) is 3.11. The van der Waals surface area contributed by atoms with Gasteiger partial charge in [-0.15, -0.1) is 0 Å². The van der Waals surface area contributed by atoms with Gasteiger partial charge in [0.25, 0.3) is 0 Å². The van der Waals surface area contributed by atoms with Crippen molar-refractivity contribution >= 4 is 5.78 Å². The second-order valence-corrected chi connectivity index (χ2v) is 5.61. The fraction of sp³-hybridized carbons (Fsp3) is 0.562. The predicted molar refractivity (Wildman–Crippen MR) is 72.9 cm³/mol. The Morgan fingerprint density at radius 3 is 2.28 bits per heavy atom. The minimum absolute atomic E-state index is 0.0126. The van der Waals surface area contributed by atoms with Gasteiger partial charge in [0.2, 0.25) is 0 Å². The number of rotatable bonds is 2. The van der Waals surface area contributed by atoms with Crippen LogP contribution in [0.5, 0.6) is 0 Å². The standard InChI is InChI=1S/C16H22O2/c1-9-6-7-14(10(2)8-9)16(17)15-11(3)12(4)18-13(15)5/h6-8,11-13,15H,1-5H3. The lowest BCUT2D eigenvalue weighted by Crippen LogP contribution is -2.27. The van der Waals surface area contributed by atoms with E-state index in [0.29, 0.717) is 0 Å². The summed E-state index contributed by atoms with van der Waals surface area (Å²) < 4.78 is 5.77. The van der Waals surface area contributed by atoms with Crippen LogP contribution in [0.3, 0.4) is 0 Å².